The van der Waals surface area contributed by atoms with Gasteiger partial charge in [0, 0.05) is 26.2 Å². The summed E-state index contributed by atoms with van der Waals surface area (Å²) in [5.74, 6) is 0.00453. The van der Waals surface area contributed by atoms with E-state index < -0.39 is 11.9 Å². The van der Waals surface area contributed by atoms with Gasteiger partial charge >= 0.3 is 6.18 Å². The van der Waals surface area contributed by atoms with Gasteiger partial charge in [-0.1, -0.05) is 0 Å². The Morgan fingerprint density at radius 1 is 1.39 bits per heavy atom. The van der Waals surface area contributed by atoms with Crippen molar-refractivity contribution in [3.8, 4) is 0 Å². The molecule has 4 nitrogen and oxygen atoms in total. The molecule has 1 aliphatic rings. The SMILES string of the molecule is CC(=O)N1CCC(n2ccc(C(F)(F)F)n2)CC1. The van der Waals surface area contributed by atoms with Gasteiger partial charge in [0.05, 0.1) is 6.04 Å². The molecule has 100 valence electrons. The van der Waals surface area contributed by atoms with E-state index in [0.717, 1.165) is 6.07 Å². The van der Waals surface area contributed by atoms with Gasteiger partial charge in [-0.15, -0.1) is 0 Å². The maximum atomic E-state index is 12.4. The van der Waals surface area contributed by atoms with Gasteiger partial charge in [-0.25, -0.2) is 0 Å². The summed E-state index contributed by atoms with van der Waals surface area (Å²) in [5.41, 5.74) is -0.864. The van der Waals surface area contributed by atoms with Crippen LogP contribution in [0.2, 0.25) is 0 Å². The maximum Gasteiger partial charge on any atom is 0.435 e. The fourth-order valence-corrected chi connectivity index (χ4v) is 2.14. The highest BCUT2D eigenvalue weighted by Crippen LogP contribution is 2.29. The molecule has 0 unspecified atom stereocenters. The van der Waals surface area contributed by atoms with E-state index in [4.69, 9.17) is 0 Å². The number of piperidine rings is 1. The van der Waals surface area contributed by atoms with Gasteiger partial charge in [0.15, 0.2) is 5.69 Å². The summed E-state index contributed by atoms with van der Waals surface area (Å²) < 4.78 is 38.6. The summed E-state index contributed by atoms with van der Waals surface area (Å²) >= 11 is 0. The Hall–Kier alpha value is -1.53. The van der Waals surface area contributed by atoms with Crippen LogP contribution in [0.25, 0.3) is 0 Å². The van der Waals surface area contributed by atoms with E-state index >= 15 is 0 Å². The van der Waals surface area contributed by atoms with Gasteiger partial charge in [-0.2, -0.15) is 18.3 Å². The summed E-state index contributed by atoms with van der Waals surface area (Å²) in [4.78, 5) is 12.8. The van der Waals surface area contributed by atoms with E-state index in [1.54, 1.807) is 4.90 Å². The van der Waals surface area contributed by atoms with Crippen molar-refractivity contribution >= 4 is 5.91 Å². The molecule has 2 rings (SSSR count). The second-order valence-electron chi connectivity index (χ2n) is 4.42. The molecule has 0 radical (unpaired) electrons. The summed E-state index contributed by atoms with van der Waals surface area (Å²) in [7, 11) is 0. The number of halogens is 3. The van der Waals surface area contributed by atoms with E-state index in [1.165, 1.54) is 17.8 Å². The van der Waals surface area contributed by atoms with Gasteiger partial charge < -0.3 is 4.90 Å². The summed E-state index contributed by atoms with van der Waals surface area (Å²) in [6, 6.07) is 0.925. The molecule has 18 heavy (non-hydrogen) atoms. The van der Waals surface area contributed by atoms with Crippen LogP contribution in [-0.4, -0.2) is 33.7 Å². The lowest BCUT2D eigenvalue weighted by Gasteiger charge is -2.31. The monoisotopic (exact) mass is 261 g/mol. The Bertz CT molecular complexity index is 433. The lowest BCUT2D eigenvalue weighted by molar-refractivity contribution is -0.141. The summed E-state index contributed by atoms with van der Waals surface area (Å²) in [5, 5.41) is 3.56. The lowest BCUT2D eigenvalue weighted by atomic mass is 10.1. The second kappa shape index (κ2) is 4.62. The van der Waals surface area contributed by atoms with Crippen molar-refractivity contribution in [2.75, 3.05) is 13.1 Å². The van der Waals surface area contributed by atoms with Gasteiger partial charge in [-0.3, -0.25) is 9.48 Å². The normalized spacial score (nSPS) is 18.1. The first-order chi connectivity index (χ1) is 8.38. The van der Waals surface area contributed by atoms with E-state index in [1.807, 2.05) is 0 Å². The molecule has 7 heteroatoms. The molecule has 0 saturated carbocycles. The van der Waals surface area contributed by atoms with Gasteiger partial charge in [0.25, 0.3) is 0 Å². The third kappa shape index (κ3) is 2.65. The zero-order valence-corrected chi connectivity index (χ0v) is 9.94. The fraction of sp³-hybridized carbons (Fsp3) is 0.636. The zero-order chi connectivity index (χ0) is 13.3. The number of alkyl halides is 3. The van der Waals surface area contributed by atoms with Crippen molar-refractivity contribution in [3.63, 3.8) is 0 Å². The highest BCUT2D eigenvalue weighted by molar-refractivity contribution is 5.73. The predicted octanol–water partition coefficient (Wildman–Crippen LogP) is 2.09. The largest absolute Gasteiger partial charge is 0.435 e. The molecule has 1 aromatic heterocycles. The number of amides is 1. The topological polar surface area (TPSA) is 38.1 Å². The number of carbonyl (C=O) groups excluding carboxylic acids is 1. The Labute approximate surface area is 102 Å². The van der Waals surface area contributed by atoms with Crippen LogP contribution < -0.4 is 0 Å². The van der Waals surface area contributed by atoms with Crippen molar-refractivity contribution in [2.24, 2.45) is 0 Å². The maximum absolute atomic E-state index is 12.4. The van der Waals surface area contributed by atoms with Crippen molar-refractivity contribution in [2.45, 2.75) is 32.0 Å². The first-order valence-electron chi connectivity index (χ1n) is 5.76. The number of nitrogens with zero attached hydrogens (tertiary/aromatic N) is 3. The quantitative estimate of drug-likeness (QED) is 0.776. The van der Waals surface area contributed by atoms with Gasteiger partial charge in [-0.05, 0) is 18.9 Å². The van der Waals surface area contributed by atoms with Crippen LogP contribution in [0.15, 0.2) is 12.3 Å². The minimum absolute atomic E-state index is 0.00453. The van der Waals surface area contributed by atoms with Crippen LogP contribution in [0.4, 0.5) is 13.2 Å². The smallest absolute Gasteiger partial charge is 0.343 e. The second-order valence-corrected chi connectivity index (χ2v) is 4.42. The average molecular weight is 261 g/mol. The first-order valence-corrected chi connectivity index (χ1v) is 5.76. The fourth-order valence-electron chi connectivity index (χ4n) is 2.14. The van der Waals surface area contributed by atoms with Crippen molar-refractivity contribution in [3.05, 3.63) is 18.0 Å². The molecule has 1 fully saturated rings. The Morgan fingerprint density at radius 3 is 2.44 bits per heavy atom. The molecule has 0 bridgehead atoms. The van der Waals surface area contributed by atoms with E-state index in [-0.39, 0.29) is 11.9 Å². The number of rotatable bonds is 1. The molecular formula is C11H14F3N3O. The van der Waals surface area contributed by atoms with Gasteiger partial charge in [0.2, 0.25) is 5.91 Å². The Kier molecular flexibility index (Phi) is 3.32. The predicted molar refractivity (Wildman–Crippen MR) is 57.8 cm³/mol. The van der Waals surface area contributed by atoms with E-state index in [0.29, 0.717) is 25.9 Å². The van der Waals surface area contributed by atoms with Crippen molar-refractivity contribution < 1.29 is 18.0 Å². The highest BCUT2D eigenvalue weighted by Gasteiger charge is 2.34. The molecule has 1 aromatic rings. The molecule has 2 heterocycles. The Morgan fingerprint density at radius 2 is 2.00 bits per heavy atom. The number of carbonyl (C=O) groups is 1. The van der Waals surface area contributed by atoms with E-state index in [9.17, 15) is 18.0 Å². The molecule has 0 atom stereocenters. The standard InChI is InChI=1S/C11H14F3N3O/c1-8(18)16-5-2-9(3-6-16)17-7-4-10(15-17)11(12,13)14/h4,7,9H,2-3,5-6H2,1H3. The summed E-state index contributed by atoms with van der Waals surface area (Å²) in [6.45, 7) is 2.64. The molecular weight excluding hydrogens is 247 g/mol. The van der Waals surface area contributed by atoms with Crippen LogP contribution in [0.3, 0.4) is 0 Å². The molecule has 0 N–H and O–H groups in total. The van der Waals surface area contributed by atoms with Crippen LogP contribution in [0, 0.1) is 0 Å². The highest BCUT2D eigenvalue weighted by atomic mass is 19.4. The average Bonchev–Trinajstić information content (AvgIpc) is 2.78. The lowest BCUT2D eigenvalue weighted by Crippen LogP contribution is -2.37. The molecule has 1 amide bonds. The third-order valence-electron chi connectivity index (χ3n) is 3.18. The van der Waals surface area contributed by atoms with Crippen molar-refractivity contribution in [1.29, 1.82) is 0 Å². The number of hydrogen-bond donors (Lipinski definition) is 0. The molecule has 0 aliphatic carbocycles. The number of likely N-dealkylation sites (tertiary alicyclic amines) is 1. The van der Waals surface area contributed by atoms with E-state index in [2.05, 4.69) is 5.10 Å². The molecule has 1 aliphatic heterocycles. The number of hydrogen-bond acceptors (Lipinski definition) is 2. The van der Waals surface area contributed by atoms with Gasteiger partial charge in [0.1, 0.15) is 0 Å². The summed E-state index contributed by atoms with van der Waals surface area (Å²) in [6.07, 6.45) is -1.76. The molecule has 1 saturated heterocycles. The minimum atomic E-state index is -4.40. The van der Waals surface area contributed by atoms with Crippen LogP contribution >= 0.6 is 0 Å². The number of aromatic nitrogens is 2. The van der Waals surface area contributed by atoms with Crippen LogP contribution in [-0.2, 0) is 11.0 Å². The first kappa shape index (κ1) is 12.9. The van der Waals surface area contributed by atoms with Crippen molar-refractivity contribution in [1.82, 2.24) is 14.7 Å². The zero-order valence-electron chi connectivity index (χ0n) is 9.94. The van der Waals surface area contributed by atoms with Crippen LogP contribution in [0.1, 0.15) is 31.5 Å². The Balaban J connectivity index is 2.02. The third-order valence-corrected chi connectivity index (χ3v) is 3.18. The molecule has 0 spiro atoms. The minimum Gasteiger partial charge on any atom is -0.343 e. The molecule has 0 aromatic carbocycles. The van der Waals surface area contributed by atoms with Crippen LogP contribution in [0.5, 0.6) is 0 Å².